The summed E-state index contributed by atoms with van der Waals surface area (Å²) in [5, 5.41) is 26.8. The van der Waals surface area contributed by atoms with Crippen LogP contribution >= 0.6 is 27.3 Å². The highest BCUT2D eigenvalue weighted by Gasteiger charge is 2.45. The number of nitrogens with one attached hydrogen (secondary N) is 2. The number of benzene rings is 1. The molecule has 0 aliphatic rings. The number of carbonyl (C=O) groups is 2. The fourth-order valence-corrected chi connectivity index (χ4v) is 4.23. The quantitative estimate of drug-likeness (QED) is 0.433. The van der Waals surface area contributed by atoms with Crippen LogP contribution in [0.1, 0.15) is 36.9 Å². The first kappa shape index (κ1) is 25.9. The predicted molar refractivity (Wildman–Crippen MR) is 113 cm³/mol. The Bertz CT molecular complexity index is 966. The molecule has 0 aliphatic heterocycles. The van der Waals surface area contributed by atoms with Gasteiger partial charge in [0.05, 0.1) is 11.6 Å². The monoisotopic (exact) mass is 539 g/mol. The molecule has 0 unspecified atom stereocenters. The summed E-state index contributed by atoms with van der Waals surface area (Å²) in [5.74, 6) is 0. The number of nitrogens with zero attached hydrogens (tertiary/aromatic N) is 1. The Morgan fingerprint density at radius 3 is 2.41 bits per heavy atom. The highest BCUT2D eigenvalue weighted by atomic mass is 79.9. The second kappa shape index (κ2) is 9.63. The second-order valence-corrected chi connectivity index (χ2v) is 9.43. The Morgan fingerprint density at radius 1 is 1.28 bits per heavy atom. The summed E-state index contributed by atoms with van der Waals surface area (Å²) in [4.78, 5) is 27.6. The highest BCUT2D eigenvalue weighted by Crippen LogP contribution is 2.40. The maximum absolute atomic E-state index is 13.2. The lowest BCUT2D eigenvalue weighted by atomic mass is 9.86. The van der Waals surface area contributed by atoms with Crippen LogP contribution in [0.3, 0.4) is 0 Å². The van der Waals surface area contributed by atoms with E-state index in [2.05, 4.69) is 31.5 Å². The van der Waals surface area contributed by atoms with Crippen molar-refractivity contribution in [2.24, 2.45) is 0 Å². The SMILES string of the molecule is CC(C)(C)OC(=O)N[C@H](CNC(=O)O)[C@@](O)(c1ccc(C(F)(F)F)c(Br)c1)c1nccs1. The first-order valence-electron chi connectivity index (χ1n) is 9.10. The van der Waals surface area contributed by atoms with Gasteiger partial charge in [-0.2, -0.15) is 13.2 Å². The lowest BCUT2D eigenvalue weighted by Gasteiger charge is -2.36. The average Bonchev–Trinajstić information content (AvgIpc) is 3.16. The minimum absolute atomic E-state index is 0.0254. The van der Waals surface area contributed by atoms with Gasteiger partial charge in [0, 0.05) is 22.6 Å². The fourth-order valence-electron chi connectivity index (χ4n) is 2.81. The van der Waals surface area contributed by atoms with Crippen LogP contribution in [0.5, 0.6) is 0 Å². The van der Waals surface area contributed by atoms with Crippen LogP contribution in [0.4, 0.5) is 22.8 Å². The van der Waals surface area contributed by atoms with Gasteiger partial charge in [-0.05, 0) is 38.5 Å². The number of aromatic nitrogens is 1. The molecular weight excluding hydrogens is 519 g/mol. The zero-order chi connectivity index (χ0) is 24.3. The normalized spacial score (nSPS) is 14.9. The van der Waals surface area contributed by atoms with E-state index in [1.165, 1.54) is 11.6 Å². The molecule has 0 fully saturated rings. The number of thiazole rings is 1. The molecule has 0 bridgehead atoms. The summed E-state index contributed by atoms with van der Waals surface area (Å²) in [7, 11) is 0. The number of amides is 2. The summed E-state index contributed by atoms with van der Waals surface area (Å²) >= 11 is 3.85. The maximum Gasteiger partial charge on any atom is 0.417 e. The van der Waals surface area contributed by atoms with Crippen molar-refractivity contribution in [3.8, 4) is 0 Å². The van der Waals surface area contributed by atoms with Crippen molar-refractivity contribution in [1.82, 2.24) is 15.6 Å². The molecule has 0 saturated carbocycles. The summed E-state index contributed by atoms with van der Waals surface area (Å²) in [6.07, 6.45) is -5.68. The maximum atomic E-state index is 13.2. The van der Waals surface area contributed by atoms with E-state index in [1.54, 1.807) is 20.8 Å². The van der Waals surface area contributed by atoms with Crippen LogP contribution in [0.2, 0.25) is 0 Å². The predicted octanol–water partition coefficient (Wildman–Crippen LogP) is 4.32. The van der Waals surface area contributed by atoms with Gasteiger partial charge in [0.2, 0.25) is 0 Å². The van der Waals surface area contributed by atoms with Crippen molar-refractivity contribution in [1.29, 1.82) is 0 Å². The molecule has 13 heteroatoms. The zero-order valence-electron chi connectivity index (χ0n) is 17.2. The smallest absolute Gasteiger partial charge is 0.417 e. The van der Waals surface area contributed by atoms with Gasteiger partial charge in [-0.1, -0.05) is 22.0 Å². The topological polar surface area (TPSA) is 121 Å². The Balaban J connectivity index is 2.59. The van der Waals surface area contributed by atoms with Crippen LogP contribution in [-0.4, -0.2) is 45.6 Å². The van der Waals surface area contributed by atoms with Crippen molar-refractivity contribution in [3.05, 3.63) is 50.4 Å². The van der Waals surface area contributed by atoms with E-state index in [1.807, 2.05) is 0 Å². The van der Waals surface area contributed by atoms with Gasteiger partial charge >= 0.3 is 18.4 Å². The molecule has 0 aliphatic carbocycles. The molecule has 1 aromatic heterocycles. The first-order chi connectivity index (χ1) is 14.6. The van der Waals surface area contributed by atoms with Crippen molar-refractivity contribution in [2.45, 2.75) is 44.2 Å². The minimum atomic E-state index is -4.64. The third-order valence-electron chi connectivity index (χ3n) is 4.13. The van der Waals surface area contributed by atoms with Gasteiger partial charge in [-0.25, -0.2) is 14.6 Å². The van der Waals surface area contributed by atoms with Gasteiger partial charge in [0.25, 0.3) is 0 Å². The zero-order valence-corrected chi connectivity index (χ0v) is 19.6. The summed E-state index contributed by atoms with van der Waals surface area (Å²) in [6, 6.07) is 1.48. The molecule has 2 atom stereocenters. The van der Waals surface area contributed by atoms with E-state index in [4.69, 9.17) is 9.84 Å². The molecule has 32 heavy (non-hydrogen) atoms. The summed E-state index contributed by atoms with van der Waals surface area (Å²) < 4.78 is 44.4. The van der Waals surface area contributed by atoms with Crippen molar-refractivity contribution >= 4 is 39.5 Å². The molecule has 0 spiro atoms. The number of aliphatic hydroxyl groups is 1. The van der Waals surface area contributed by atoms with E-state index in [0.717, 1.165) is 29.5 Å². The molecule has 1 aromatic carbocycles. The van der Waals surface area contributed by atoms with E-state index in [0.29, 0.717) is 0 Å². The molecule has 176 valence electrons. The van der Waals surface area contributed by atoms with Gasteiger partial charge in [-0.15, -0.1) is 11.3 Å². The second-order valence-electron chi connectivity index (χ2n) is 7.68. The summed E-state index contributed by atoms with van der Waals surface area (Å²) in [5.41, 5.74) is -4.12. The Kier molecular flexibility index (Phi) is 7.79. The number of ether oxygens (including phenoxy) is 1. The Hall–Kier alpha value is -2.38. The minimum Gasteiger partial charge on any atom is -0.465 e. The molecule has 2 amide bonds. The number of alkyl halides is 3. The van der Waals surface area contributed by atoms with Gasteiger partial charge in [0.1, 0.15) is 10.6 Å². The number of carbonyl (C=O) groups excluding carboxylic acids is 1. The molecule has 0 saturated heterocycles. The van der Waals surface area contributed by atoms with Crippen molar-refractivity contribution in [2.75, 3.05) is 6.54 Å². The fraction of sp³-hybridized carbons (Fsp3) is 0.421. The van der Waals surface area contributed by atoms with E-state index in [-0.39, 0.29) is 15.0 Å². The molecule has 0 radical (unpaired) electrons. The molecular formula is C19H21BrF3N3O5S. The number of alkyl carbamates (subject to hydrolysis) is 1. The van der Waals surface area contributed by atoms with E-state index in [9.17, 15) is 27.9 Å². The first-order valence-corrected chi connectivity index (χ1v) is 10.8. The largest absolute Gasteiger partial charge is 0.465 e. The average molecular weight is 540 g/mol. The van der Waals surface area contributed by atoms with Crippen molar-refractivity contribution in [3.63, 3.8) is 0 Å². The number of halogens is 4. The number of hydrogen-bond donors (Lipinski definition) is 4. The molecule has 4 N–H and O–H groups in total. The van der Waals surface area contributed by atoms with Gasteiger partial charge in [0.15, 0.2) is 5.60 Å². The molecule has 1 heterocycles. The third kappa shape index (κ3) is 6.33. The van der Waals surface area contributed by atoms with Crippen LogP contribution in [0, 0.1) is 0 Å². The Labute approximate surface area is 193 Å². The van der Waals surface area contributed by atoms with Gasteiger partial charge in [-0.3, -0.25) is 0 Å². The van der Waals surface area contributed by atoms with Crippen LogP contribution in [0.25, 0.3) is 0 Å². The molecule has 8 nitrogen and oxygen atoms in total. The highest BCUT2D eigenvalue weighted by molar-refractivity contribution is 9.10. The van der Waals surface area contributed by atoms with Gasteiger partial charge < -0.3 is 25.6 Å². The van der Waals surface area contributed by atoms with Crippen LogP contribution in [-0.2, 0) is 16.5 Å². The van der Waals surface area contributed by atoms with Crippen molar-refractivity contribution < 1.29 is 37.7 Å². The number of hydrogen-bond acceptors (Lipinski definition) is 6. The Morgan fingerprint density at radius 2 is 1.94 bits per heavy atom. The summed E-state index contributed by atoms with van der Waals surface area (Å²) in [6.45, 7) is 4.33. The van der Waals surface area contributed by atoms with Crippen LogP contribution in [0.15, 0.2) is 34.2 Å². The third-order valence-corrected chi connectivity index (χ3v) is 5.68. The van der Waals surface area contributed by atoms with Crippen LogP contribution < -0.4 is 10.6 Å². The molecule has 2 aromatic rings. The van der Waals surface area contributed by atoms with E-state index < -0.39 is 47.7 Å². The number of carboxylic acid groups (broad SMARTS) is 1. The molecule has 2 rings (SSSR count). The lowest BCUT2D eigenvalue weighted by Crippen LogP contribution is -2.57. The van der Waals surface area contributed by atoms with E-state index >= 15 is 0 Å². The standard InChI is InChI=1S/C19H21BrF3N3O5S/c1-17(2,3)31-16(29)26-13(9-25-15(27)28)18(30,14-24-6-7-32-14)10-4-5-11(12(20)8-10)19(21,22)23/h4-8,13,25,30H,9H2,1-3H3,(H,26,29)(H,27,28)/t13-,18+/m1/s1. The number of rotatable bonds is 6. The lowest BCUT2D eigenvalue weighted by molar-refractivity contribution is -0.138.